The normalized spacial score (nSPS) is 11.5. The van der Waals surface area contributed by atoms with Crippen LogP contribution >= 0.6 is 12.2 Å². The molecule has 0 spiro atoms. The van der Waals surface area contributed by atoms with Crippen molar-refractivity contribution in [1.82, 2.24) is 14.5 Å². The van der Waals surface area contributed by atoms with Crippen molar-refractivity contribution in [2.24, 2.45) is 4.99 Å². The van der Waals surface area contributed by atoms with Crippen LogP contribution in [0.15, 0.2) is 28.0 Å². The Kier molecular flexibility index (Phi) is 5.55. The van der Waals surface area contributed by atoms with Crippen molar-refractivity contribution in [2.75, 3.05) is 14.2 Å². The van der Waals surface area contributed by atoms with E-state index in [9.17, 15) is 14.7 Å². The number of methoxy groups -OCH3 is 2. The molecule has 0 aliphatic rings. The summed E-state index contributed by atoms with van der Waals surface area (Å²) in [6.45, 7) is 3.63. The van der Waals surface area contributed by atoms with Crippen LogP contribution in [0.3, 0.4) is 0 Å². The summed E-state index contributed by atoms with van der Waals surface area (Å²) in [5, 5.41) is 11.1. The molecule has 0 unspecified atom stereocenters. The minimum absolute atomic E-state index is 0.0778. The van der Waals surface area contributed by atoms with E-state index in [2.05, 4.69) is 15.0 Å². The Morgan fingerprint density at radius 1 is 1.31 bits per heavy atom. The first-order chi connectivity index (χ1) is 13.8. The van der Waals surface area contributed by atoms with Crippen LogP contribution in [0, 0.1) is 4.77 Å². The smallest absolute Gasteiger partial charge is 0.356 e. The summed E-state index contributed by atoms with van der Waals surface area (Å²) in [6.07, 6.45) is 1.20. The van der Waals surface area contributed by atoms with E-state index in [-0.39, 0.29) is 33.6 Å². The molecule has 0 amide bonds. The van der Waals surface area contributed by atoms with Gasteiger partial charge in [-0.15, -0.1) is 0 Å². The third kappa shape index (κ3) is 3.66. The second kappa shape index (κ2) is 7.92. The number of aromatic nitrogens is 3. The molecule has 9 nitrogen and oxygen atoms in total. The number of rotatable bonds is 5. The number of aromatic hydroxyl groups is 1. The highest BCUT2D eigenvalue weighted by molar-refractivity contribution is 7.71. The summed E-state index contributed by atoms with van der Waals surface area (Å²) in [4.78, 5) is 34.3. The third-order valence-corrected chi connectivity index (χ3v) is 4.66. The summed E-state index contributed by atoms with van der Waals surface area (Å²) in [6, 6.07) is 4.98. The predicted molar refractivity (Wildman–Crippen MR) is 111 cm³/mol. The molecule has 0 atom stereocenters. The maximum absolute atomic E-state index is 12.3. The first-order valence-electron chi connectivity index (χ1n) is 8.68. The number of nitrogens with one attached hydrogen (secondary N) is 2. The van der Waals surface area contributed by atoms with Crippen molar-refractivity contribution in [2.45, 2.75) is 19.9 Å². The minimum Gasteiger partial charge on any atom is -0.497 e. The number of ether oxygens (including phenoxy) is 2. The van der Waals surface area contributed by atoms with Gasteiger partial charge in [-0.3, -0.25) is 19.3 Å². The number of nitrogens with zero attached hydrogens (tertiary/aromatic N) is 2. The number of benzene rings is 1. The SMILES string of the molecule is COC(=O)c1[nH]c2cc(OC)ccc2c1N=Cc1c(O)n(C(C)C)c(=S)[nH]c1=O. The van der Waals surface area contributed by atoms with Crippen molar-refractivity contribution >= 4 is 41.0 Å². The lowest BCUT2D eigenvalue weighted by atomic mass is 10.2. The van der Waals surface area contributed by atoms with Gasteiger partial charge in [-0.05, 0) is 38.2 Å². The Hall–Kier alpha value is -3.40. The molecule has 2 heterocycles. The largest absolute Gasteiger partial charge is 0.497 e. The fraction of sp³-hybridized carbons (Fsp3) is 0.263. The summed E-state index contributed by atoms with van der Waals surface area (Å²) < 4.78 is 11.5. The molecule has 0 fully saturated rings. The Balaban J connectivity index is 2.21. The molecule has 152 valence electrons. The van der Waals surface area contributed by atoms with E-state index in [0.717, 1.165) is 0 Å². The molecule has 0 saturated carbocycles. The van der Waals surface area contributed by atoms with Gasteiger partial charge in [0.15, 0.2) is 10.5 Å². The van der Waals surface area contributed by atoms with Gasteiger partial charge in [-0.2, -0.15) is 0 Å². The Bertz CT molecular complexity index is 1240. The Morgan fingerprint density at radius 3 is 2.66 bits per heavy atom. The van der Waals surface area contributed by atoms with Crippen LogP contribution in [0.5, 0.6) is 11.6 Å². The van der Waals surface area contributed by atoms with Gasteiger partial charge in [0, 0.05) is 23.7 Å². The molecule has 0 aliphatic carbocycles. The van der Waals surface area contributed by atoms with E-state index in [1.165, 1.54) is 25.0 Å². The predicted octanol–water partition coefficient (Wildman–Crippen LogP) is 3.22. The average molecular weight is 416 g/mol. The summed E-state index contributed by atoms with van der Waals surface area (Å²) in [5.74, 6) is -0.332. The van der Waals surface area contributed by atoms with Crippen molar-refractivity contribution < 1.29 is 19.4 Å². The fourth-order valence-electron chi connectivity index (χ4n) is 2.95. The van der Waals surface area contributed by atoms with Crippen LogP contribution in [-0.4, -0.2) is 46.0 Å². The molecule has 0 bridgehead atoms. The number of H-pyrrole nitrogens is 2. The lowest BCUT2D eigenvalue weighted by Crippen LogP contribution is -2.19. The number of carbonyl (C=O) groups excluding carboxylic acids is 1. The highest BCUT2D eigenvalue weighted by Crippen LogP contribution is 2.33. The van der Waals surface area contributed by atoms with Crippen LogP contribution in [0.4, 0.5) is 5.69 Å². The molecule has 2 aromatic heterocycles. The topological polar surface area (TPSA) is 122 Å². The molecule has 10 heteroatoms. The van der Waals surface area contributed by atoms with E-state index in [0.29, 0.717) is 16.7 Å². The van der Waals surface area contributed by atoms with E-state index < -0.39 is 11.5 Å². The minimum atomic E-state index is -0.622. The van der Waals surface area contributed by atoms with Gasteiger partial charge >= 0.3 is 5.97 Å². The van der Waals surface area contributed by atoms with Crippen molar-refractivity contribution in [3.05, 3.63) is 44.6 Å². The van der Waals surface area contributed by atoms with Gasteiger partial charge in [0.05, 0.1) is 19.7 Å². The van der Waals surface area contributed by atoms with Gasteiger partial charge in [0.1, 0.15) is 17.0 Å². The molecular formula is C19H20N4O5S. The van der Waals surface area contributed by atoms with Crippen LogP contribution in [0.1, 0.15) is 35.9 Å². The maximum Gasteiger partial charge on any atom is 0.356 e. The summed E-state index contributed by atoms with van der Waals surface area (Å²) in [7, 11) is 2.79. The zero-order valence-corrected chi connectivity index (χ0v) is 17.1. The van der Waals surface area contributed by atoms with Crippen molar-refractivity contribution in [3.63, 3.8) is 0 Å². The second-order valence-corrected chi connectivity index (χ2v) is 6.86. The molecule has 3 N–H and O–H groups in total. The van der Waals surface area contributed by atoms with Crippen LogP contribution < -0.4 is 10.3 Å². The number of hydrogen-bond acceptors (Lipinski definition) is 7. The van der Waals surface area contributed by atoms with Gasteiger partial charge in [-0.1, -0.05) is 0 Å². The van der Waals surface area contributed by atoms with Crippen LogP contribution in [0.25, 0.3) is 10.9 Å². The summed E-state index contributed by atoms with van der Waals surface area (Å²) >= 11 is 5.11. The molecule has 29 heavy (non-hydrogen) atoms. The average Bonchev–Trinajstić information content (AvgIpc) is 3.04. The number of fused-ring (bicyclic) bond motifs is 1. The van der Waals surface area contributed by atoms with Crippen LogP contribution in [0.2, 0.25) is 0 Å². The van der Waals surface area contributed by atoms with Gasteiger partial charge < -0.3 is 19.6 Å². The third-order valence-electron chi connectivity index (χ3n) is 4.36. The first kappa shape index (κ1) is 20.3. The zero-order valence-electron chi connectivity index (χ0n) is 16.3. The number of carbonyl (C=O) groups is 1. The second-order valence-electron chi connectivity index (χ2n) is 6.47. The van der Waals surface area contributed by atoms with E-state index in [4.69, 9.17) is 21.7 Å². The molecular weight excluding hydrogens is 396 g/mol. The number of aliphatic imine (C=N–C) groups is 1. The molecule has 3 aromatic rings. The highest BCUT2D eigenvalue weighted by Gasteiger charge is 2.19. The van der Waals surface area contributed by atoms with Gasteiger partial charge in [0.25, 0.3) is 5.56 Å². The lowest BCUT2D eigenvalue weighted by molar-refractivity contribution is 0.0596. The fourth-order valence-corrected chi connectivity index (χ4v) is 3.34. The number of hydrogen-bond donors (Lipinski definition) is 3. The van der Waals surface area contributed by atoms with E-state index in [1.807, 2.05) is 13.8 Å². The molecule has 3 rings (SSSR count). The molecule has 0 saturated heterocycles. The molecule has 0 aliphatic heterocycles. The lowest BCUT2D eigenvalue weighted by Gasteiger charge is -2.14. The van der Waals surface area contributed by atoms with E-state index in [1.54, 1.807) is 18.2 Å². The maximum atomic E-state index is 12.3. The Labute approximate surface area is 170 Å². The van der Waals surface area contributed by atoms with Crippen molar-refractivity contribution in [1.29, 1.82) is 0 Å². The Morgan fingerprint density at radius 2 is 2.03 bits per heavy atom. The molecule has 0 radical (unpaired) electrons. The number of aromatic amines is 2. The zero-order chi connectivity index (χ0) is 21.3. The van der Waals surface area contributed by atoms with Gasteiger partial charge in [-0.25, -0.2) is 4.79 Å². The van der Waals surface area contributed by atoms with Crippen LogP contribution in [-0.2, 0) is 4.74 Å². The van der Waals surface area contributed by atoms with Crippen molar-refractivity contribution in [3.8, 4) is 11.6 Å². The van der Waals surface area contributed by atoms with Gasteiger partial charge in [0.2, 0.25) is 5.88 Å². The monoisotopic (exact) mass is 416 g/mol. The highest BCUT2D eigenvalue weighted by atomic mass is 32.1. The summed E-state index contributed by atoms with van der Waals surface area (Å²) in [5.41, 5.74) is 0.319. The van der Waals surface area contributed by atoms with E-state index >= 15 is 0 Å². The quantitative estimate of drug-likeness (QED) is 0.334. The number of esters is 1. The first-order valence-corrected chi connectivity index (χ1v) is 9.09. The standard InChI is InChI=1S/C19H20N4O5S/c1-9(2)23-17(25)12(16(24)22-19(23)29)8-20-14-11-6-5-10(27-3)7-13(11)21-15(14)18(26)28-4/h5-9,21,25H,1-4H3,(H,22,24,29). The molecule has 1 aromatic carbocycles.